The Hall–Kier alpha value is -1.59. The van der Waals surface area contributed by atoms with E-state index >= 15 is 0 Å². The number of rotatable bonds is 5. The second-order valence-electron chi connectivity index (χ2n) is 8.28. The Kier molecular flexibility index (Phi) is 5.18. The maximum Gasteiger partial charge on any atom is 0.317 e. The molecule has 1 aromatic rings. The van der Waals surface area contributed by atoms with Crippen molar-refractivity contribution in [3.63, 3.8) is 0 Å². The molecule has 2 amide bonds. The largest absolute Gasteiger partial charge is 0.384 e. The van der Waals surface area contributed by atoms with Gasteiger partial charge in [0.1, 0.15) is 0 Å². The van der Waals surface area contributed by atoms with E-state index in [1.54, 1.807) is 7.11 Å². The van der Waals surface area contributed by atoms with Gasteiger partial charge in [0.2, 0.25) is 0 Å². The van der Waals surface area contributed by atoms with E-state index in [-0.39, 0.29) is 11.4 Å². The number of methoxy groups -OCH3 is 1. The molecule has 0 unspecified atom stereocenters. The van der Waals surface area contributed by atoms with Crippen LogP contribution in [-0.4, -0.2) is 68.3 Å². The number of amides is 2. The predicted molar refractivity (Wildman–Crippen MR) is 102 cm³/mol. The molecule has 2 fully saturated rings. The lowest BCUT2D eigenvalue weighted by Gasteiger charge is -2.41. The Labute approximate surface area is 156 Å². The number of piperazine rings is 1. The first kappa shape index (κ1) is 17.8. The molecule has 0 bridgehead atoms. The zero-order valence-electron chi connectivity index (χ0n) is 15.9. The normalized spacial score (nSPS) is 24.8. The smallest absolute Gasteiger partial charge is 0.317 e. The Bertz CT molecular complexity index is 636. The maximum atomic E-state index is 12.5. The number of nitrogens with zero attached hydrogens (tertiary/aromatic N) is 2. The molecular formula is C21H31N3O2. The summed E-state index contributed by atoms with van der Waals surface area (Å²) in [5.41, 5.74) is 3.24. The molecule has 1 heterocycles. The van der Waals surface area contributed by atoms with Gasteiger partial charge in [-0.25, -0.2) is 4.79 Å². The molecule has 1 saturated heterocycles. The van der Waals surface area contributed by atoms with Crippen molar-refractivity contribution in [1.82, 2.24) is 15.1 Å². The monoisotopic (exact) mass is 357 g/mol. The van der Waals surface area contributed by atoms with Gasteiger partial charge in [-0.2, -0.15) is 0 Å². The summed E-state index contributed by atoms with van der Waals surface area (Å²) in [4.78, 5) is 17.1. The Morgan fingerprint density at radius 1 is 1.19 bits per heavy atom. The molecule has 5 heteroatoms. The van der Waals surface area contributed by atoms with Crippen molar-refractivity contribution in [1.29, 1.82) is 0 Å². The van der Waals surface area contributed by atoms with Crippen molar-refractivity contribution in [2.24, 2.45) is 5.41 Å². The zero-order chi connectivity index (χ0) is 18.0. The number of hydrogen-bond acceptors (Lipinski definition) is 3. The first-order valence-electron chi connectivity index (χ1n) is 10.0. The molecule has 1 N–H and O–H groups in total. The number of carbonyl (C=O) groups excluding carboxylic acids is 1. The average Bonchev–Trinajstić information content (AvgIpc) is 3.46. The van der Waals surface area contributed by atoms with Crippen LogP contribution in [0.4, 0.5) is 4.79 Å². The molecule has 1 saturated carbocycles. The molecule has 2 aliphatic carbocycles. The lowest BCUT2D eigenvalue weighted by atomic mass is 9.87. The summed E-state index contributed by atoms with van der Waals surface area (Å²) in [6, 6.07) is 9.57. The molecule has 142 valence electrons. The molecule has 1 aliphatic heterocycles. The summed E-state index contributed by atoms with van der Waals surface area (Å²) in [5, 5.41) is 3.14. The Morgan fingerprint density at radius 3 is 2.62 bits per heavy atom. The first-order chi connectivity index (χ1) is 12.7. The Balaban J connectivity index is 1.24. The van der Waals surface area contributed by atoms with Crippen molar-refractivity contribution < 1.29 is 9.53 Å². The molecule has 5 nitrogen and oxygen atoms in total. The van der Waals surface area contributed by atoms with Crippen molar-refractivity contribution >= 4 is 6.03 Å². The van der Waals surface area contributed by atoms with Gasteiger partial charge < -0.3 is 15.0 Å². The van der Waals surface area contributed by atoms with Crippen molar-refractivity contribution in [2.45, 2.75) is 38.1 Å². The van der Waals surface area contributed by atoms with Crippen LogP contribution in [0.1, 0.15) is 30.4 Å². The lowest BCUT2D eigenvalue weighted by molar-refractivity contribution is 0.0986. The number of nitrogens with one attached hydrogen (secondary N) is 1. The second kappa shape index (κ2) is 7.57. The van der Waals surface area contributed by atoms with Crippen molar-refractivity contribution in [2.75, 3.05) is 46.4 Å². The number of aryl methyl sites for hydroxylation is 1. The molecule has 0 spiro atoms. The zero-order valence-corrected chi connectivity index (χ0v) is 15.9. The van der Waals surface area contributed by atoms with Gasteiger partial charge in [-0.3, -0.25) is 4.90 Å². The highest BCUT2D eigenvalue weighted by Crippen LogP contribution is 2.45. The van der Waals surface area contributed by atoms with Gasteiger partial charge >= 0.3 is 6.03 Å². The fourth-order valence-electron chi connectivity index (χ4n) is 4.51. The van der Waals surface area contributed by atoms with E-state index < -0.39 is 0 Å². The van der Waals surface area contributed by atoms with Crippen LogP contribution < -0.4 is 5.32 Å². The number of fused-ring (bicyclic) bond motifs is 1. The summed E-state index contributed by atoms with van der Waals surface area (Å²) in [5.74, 6) is 0. The minimum atomic E-state index is 0.0982. The third kappa shape index (κ3) is 3.89. The first-order valence-corrected chi connectivity index (χ1v) is 10.0. The summed E-state index contributed by atoms with van der Waals surface area (Å²) in [7, 11) is 1.74. The highest BCUT2D eigenvalue weighted by atomic mass is 16.5. The third-order valence-corrected chi connectivity index (χ3v) is 6.46. The van der Waals surface area contributed by atoms with Crippen LogP contribution in [0.3, 0.4) is 0 Å². The van der Waals surface area contributed by atoms with E-state index in [0.717, 1.165) is 58.6 Å². The predicted octanol–water partition coefficient (Wildman–Crippen LogP) is 2.30. The standard InChI is InChI=1S/C21H31N3O2/c1-26-16-21(8-9-21)15-22-20(25)24-12-10-23(11-13-24)19-7-6-17-4-2-3-5-18(17)14-19/h2-5,19H,6-16H2,1H3,(H,22,25)/t19-/m0/s1. The highest BCUT2D eigenvalue weighted by molar-refractivity contribution is 5.74. The molecular weight excluding hydrogens is 326 g/mol. The lowest BCUT2D eigenvalue weighted by Crippen LogP contribution is -2.55. The fraction of sp³-hybridized carbons (Fsp3) is 0.667. The van der Waals surface area contributed by atoms with Crippen molar-refractivity contribution in [3.05, 3.63) is 35.4 Å². The maximum absolute atomic E-state index is 12.5. The molecule has 4 rings (SSSR count). The van der Waals surface area contributed by atoms with Gasteiger partial charge in [0.05, 0.1) is 6.61 Å². The number of hydrogen-bond donors (Lipinski definition) is 1. The quantitative estimate of drug-likeness (QED) is 0.879. The topological polar surface area (TPSA) is 44.8 Å². The third-order valence-electron chi connectivity index (χ3n) is 6.46. The number of benzene rings is 1. The molecule has 1 aromatic carbocycles. The van der Waals surface area contributed by atoms with E-state index in [4.69, 9.17) is 4.74 Å². The minimum absolute atomic E-state index is 0.0982. The fourth-order valence-corrected chi connectivity index (χ4v) is 4.51. The molecule has 0 radical (unpaired) electrons. The summed E-state index contributed by atoms with van der Waals surface area (Å²) in [6.07, 6.45) is 5.91. The van der Waals surface area contributed by atoms with Crippen LogP contribution in [0.25, 0.3) is 0 Å². The molecule has 26 heavy (non-hydrogen) atoms. The molecule has 3 aliphatic rings. The van der Waals surface area contributed by atoms with E-state index in [1.807, 2.05) is 4.90 Å². The molecule has 0 aromatic heterocycles. The highest BCUT2D eigenvalue weighted by Gasteiger charge is 2.43. The summed E-state index contributed by atoms with van der Waals surface area (Å²) >= 11 is 0. The van der Waals surface area contributed by atoms with Gasteiger partial charge in [0, 0.05) is 51.3 Å². The Morgan fingerprint density at radius 2 is 1.92 bits per heavy atom. The molecule has 1 atom stereocenters. The van der Waals surface area contributed by atoms with Gasteiger partial charge in [0.25, 0.3) is 0 Å². The van der Waals surface area contributed by atoms with E-state index in [2.05, 4.69) is 34.5 Å². The summed E-state index contributed by atoms with van der Waals surface area (Å²) < 4.78 is 5.28. The van der Waals surface area contributed by atoms with Crippen LogP contribution in [0, 0.1) is 5.41 Å². The summed E-state index contributed by atoms with van der Waals surface area (Å²) in [6.45, 7) is 5.15. The van der Waals surface area contributed by atoms with Crippen LogP contribution in [-0.2, 0) is 17.6 Å². The SMILES string of the molecule is COCC1(CNC(=O)N2CCN([C@H]3CCc4ccccc4C3)CC2)CC1. The number of urea groups is 1. The second-order valence-corrected chi connectivity index (χ2v) is 8.28. The van der Waals surface area contributed by atoms with Crippen LogP contribution in [0.5, 0.6) is 0 Å². The van der Waals surface area contributed by atoms with Crippen LogP contribution >= 0.6 is 0 Å². The van der Waals surface area contributed by atoms with Gasteiger partial charge in [-0.1, -0.05) is 24.3 Å². The van der Waals surface area contributed by atoms with Crippen LogP contribution in [0.2, 0.25) is 0 Å². The van der Waals surface area contributed by atoms with E-state index in [1.165, 1.54) is 24.0 Å². The minimum Gasteiger partial charge on any atom is -0.384 e. The van der Waals surface area contributed by atoms with Gasteiger partial charge in [0.15, 0.2) is 0 Å². The number of ether oxygens (including phenoxy) is 1. The van der Waals surface area contributed by atoms with Gasteiger partial charge in [-0.15, -0.1) is 0 Å². The van der Waals surface area contributed by atoms with Crippen molar-refractivity contribution in [3.8, 4) is 0 Å². The van der Waals surface area contributed by atoms with E-state index in [9.17, 15) is 4.79 Å². The van der Waals surface area contributed by atoms with Crippen LogP contribution in [0.15, 0.2) is 24.3 Å². The van der Waals surface area contributed by atoms with Gasteiger partial charge in [-0.05, 0) is 43.2 Å². The number of carbonyl (C=O) groups is 1. The van der Waals surface area contributed by atoms with E-state index in [0.29, 0.717) is 6.04 Å². The average molecular weight is 357 g/mol.